The zero-order valence-electron chi connectivity index (χ0n) is 17.9. The fourth-order valence-electron chi connectivity index (χ4n) is 3.61. The molecule has 8 heteroatoms. The van der Waals surface area contributed by atoms with Gasteiger partial charge in [0.1, 0.15) is 17.3 Å². The van der Waals surface area contributed by atoms with Gasteiger partial charge < -0.3 is 9.88 Å². The van der Waals surface area contributed by atoms with Crippen molar-refractivity contribution in [2.75, 3.05) is 5.32 Å². The number of amides is 1. The molecule has 0 fully saturated rings. The average Bonchev–Trinajstić information content (AvgIpc) is 3.49. The molecule has 2 aromatic heterocycles. The SMILES string of the molecule is O=C(Nc1c(-c2ccc(F)cc2)ncn1Cc1ccccc1)c1cnn(-c2cccc(Cl)c2)c1. The molecule has 0 aliphatic heterocycles. The first-order valence-corrected chi connectivity index (χ1v) is 10.9. The van der Waals surface area contributed by atoms with Crippen LogP contribution in [-0.2, 0) is 6.54 Å². The highest BCUT2D eigenvalue weighted by atomic mass is 35.5. The Morgan fingerprint density at radius 1 is 1.00 bits per heavy atom. The Kier molecular flexibility index (Phi) is 5.93. The van der Waals surface area contributed by atoms with E-state index in [2.05, 4.69) is 15.4 Å². The first kappa shape index (κ1) is 21.6. The van der Waals surface area contributed by atoms with Crippen LogP contribution in [0.2, 0.25) is 5.02 Å². The summed E-state index contributed by atoms with van der Waals surface area (Å²) in [4.78, 5) is 17.7. The molecular formula is C26H19ClFN5O. The quantitative estimate of drug-likeness (QED) is 0.339. The third-order valence-corrected chi connectivity index (χ3v) is 5.54. The molecular weight excluding hydrogens is 453 g/mol. The van der Waals surface area contributed by atoms with Gasteiger partial charge in [-0.1, -0.05) is 48.0 Å². The molecule has 168 valence electrons. The van der Waals surface area contributed by atoms with E-state index in [-0.39, 0.29) is 11.7 Å². The van der Waals surface area contributed by atoms with Crippen LogP contribution in [0.1, 0.15) is 15.9 Å². The molecule has 1 amide bonds. The summed E-state index contributed by atoms with van der Waals surface area (Å²) in [5, 5.41) is 7.84. The lowest BCUT2D eigenvalue weighted by atomic mass is 10.1. The number of nitrogens with zero attached hydrogens (tertiary/aromatic N) is 4. The third-order valence-electron chi connectivity index (χ3n) is 5.30. The lowest BCUT2D eigenvalue weighted by Crippen LogP contribution is -2.15. The topological polar surface area (TPSA) is 64.7 Å². The summed E-state index contributed by atoms with van der Waals surface area (Å²) in [6, 6.07) is 23.1. The number of hydrogen-bond donors (Lipinski definition) is 1. The number of anilines is 1. The van der Waals surface area contributed by atoms with Gasteiger partial charge in [0.25, 0.3) is 5.91 Å². The van der Waals surface area contributed by atoms with Crippen LogP contribution >= 0.6 is 11.6 Å². The van der Waals surface area contributed by atoms with Gasteiger partial charge in [-0.2, -0.15) is 5.10 Å². The van der Waals surface area contributed by atoms with E-state index in [1.807, 2.05) is 47.0 Å². The molecule has 0 spiro atoms. The van der Waals surface area contributed by atoms with Gasteiger partial charge in [-0.15, -0.1) is 0 Å². The number of rotatable bonds is 6. The summed E-state index contributed by atoms with van der Waals surface area (Å²) in [7, 11) is 0. The molecule has 0 unspecified atom stereocenters. The zero-order chi connectivity index (χ0) is 23.5. The van der Waals surface area contributed by atoms with Crippen LogP contribution in [0.5, 0.6) is 0 Å². The number of carbonyl (C=O) groups is 1. The highest BCUT2D eigenvalue weighted by molar-refractivity contribution is 6.30. The van der Waals surface area contributed by atoms with Gasteiger partial charge in [-0.25, -0.2) is 14.1 Å². The number of carbonyl (C=O) groups excluding carboxylic acids is 1. The first-order valence-electron chi connectivity index (χ1n) is 10.5. The van der Waals surface area contributed by atoms with Crippen LogP contribution in [0, 0.1) is 5.82 Å². The van der Waals surface area contributed by atoms with E-state index < -0.39 is 0 Å². The van der Waals surface area contributed by atoms with Crippen LogP contribution in [0.15, 0.2) is 97.6 Å². The molecule has 3 aromatic carbocycles. The van der Waals surface area contributed by atoms with Gasteiger partial charge in [0.2, 0.25) is 0 Å². The molecule has 1 N–H and O–H groups in total. The fourth-order valence-corrected chi connectivity index (χ4v) is 3.80. The number of imidazole rings is 1. The van der Waals surface area contributed by atoms with E-state index in [0.717, 1.165) is 11.3 Å². The third kappa shape index (κ3) is 4.60. The van der Waals surface area contributed by atoms with Gasteiger partial charge >= 0.3 is 0 Å². The highest BCUT2D eigenvalue weighted by Crippen LogP contribution is 2.28. The minimum Gasteiger partial charge on any atom is -0.312 e. The molecule has 5 rings (SSSR count). The molecule has 5 aromatic rings. The van der Waals surface area contributed by atoms with Crippen molar-refractivity contribution in [2.45, 2.75) is 6.54 Å². The maximum Gasteiger partial charge on any atom is 0.260 e. The van der Waals surface area contributed by atoms with Gasteiger partial charge in [0.15, 0.2) is 0 Å². The monoisotopic (exact) mass is 471 g/mol. The number of aromatic nitrogens is 4. The van der Waals surface area contributed by atoms with Crippen molar-refractivity contribution in [3.05, 3.63) is 120 Å². The second-order valence-corrected chi connectivity index (χ2v) is 8.11. The second-order valence-electron chi connectivity index (χ2n) is 7.67. The van der Waals surface area contributed by atoms with E-state index in [9.17, 15) is 9.18 Å². The molecule has 0 aliphatic carbocycles. The van der Waals surface area contributed by atoms with Crippen molar-refractivity contribution in [2.24, 2.45) is 0 Å². The molecule has 2 heterocycles. The van der Waals surface area contributed by atoms with E-state index in [0.29, 0.717) is 34.2 Å². The Balaban J connectivity index is 1.47. The number of nitrogens with one attached hydrogen (secondary N) is 1. The Labute approximate surface area is 200 Å². The predicted molar refractivity (Wildman–Crippen MR) is 130 cm³/mol. The molecule has 34 heavy (non-hydrogen) atoms. The standard InChI is InChI=1S/C26H19ClFN5O/c27-21-7-4-8-23(13-21)33-16-20(14-30-33)26(34)31-25-24(19-9-11-22(28)12-10-19)29-17-32(25)15-18-5-2-1-3-6-18/h1-14,16-17H,15H2,(H,31,34). The maximum atomic E-state index is 13.5. The van der Waals surface area contributed by atoms with Crippen LogP contribution in [-0.4, -0.2) is 25.2 Å². The molecule has 0 saturated carbocycles. The minimum absolute atomic E-state index is 0.341. The van der Waals surface area contributed by atoms with Gasteiger partial charge in [0.05, 0.1) is 30.3 Å². The van der Waals surface area contributed by atoms with Gasteiger partial charge in [-0.05, 0) is 48.0 Å². The fraction of sp³-hybridized carbons (Fsp3) is 0.0385. The van der Waals surface area contributed by atoms with Crippen LogP contribution in [0.25, 0.3) is 16.9 Å². The van der Waals surface area contributed by atoms with E-state index in [1.165, 1.54) is 18.3 Å². The van der Waals surface area contributed by atoms with E-state index in [4.69, 9.17) is 11.6 Å². The summed E-state index contributed by atoms with van der Waals surface area (Å²) < 4.78 is 16.9. The maximum absolute atomic E-state index is 13.5. The summed E-state index contributed by atoms with van der Waals surface area (Å²) in [5.41, 5.74) is 3.41. The molecule has 0 aliphatic rings. The molecule has 0 saturated heterocycles. The Hall–Kier alpha value is -4.23. The lowest BCUT2D eigenvalue weighted by molar-refractivity contribution is 0.102. The smallest absolute Gasteiger partial charge is 0.260 e. The summed E-state index contributed by atoms with van der Waals surface area (Å²) >= 11 is 6.07. The molecule has 0 atom stereocenters. The molecule has 0 radical (unpaired) electrons. The summed E-state index contributed by atoms with van der Waals surface area (Å²) in [6.07, 6.45) is 4.79. The number of halogens is 2. The van der Waals surface area contributed by atoms with Crippen LogP contribution < -0.4 is 5.32 Å². The van der Waals surface area contributed by atoms with Crippen molar-refractivity contribution in [3.63, 3.8) is 0 Å². The Morgan fingerprint density at radius 3 is 2.56 bits per heavy atom. The van der Waals surface area contributed by atoms with Crippen molar-refractivity contribution < 1.29 is 9.18 Å². The average molecular weight is 472 g/mol. The largest absolute Gasteiger partial charge is 0.312 e. The second kappa shape index (κ2) is 9.33. The molecule has 0 bridgehead atoms. The van der Waals surface area contributed by atoms with Crippen LogP contribution in [0.3, 0.4) is 0 Å². The summed E-state index contributed by atoms with van der Waals surface area (Å²) in [5.74, 6) is -0.172. The van der Waals surface area contributed by atoms with Crippen molar-refractivity contribution >= 4 is 23.3 Å². The Bertz CT molecular complexity index is 1440. The highest BCUT2D eigenvalue weighted by Gasteiger charge is 2.18. The van der Waals surface area contributed by atoms with Crippen molar-refractivity contribution in [3.8, 4) is 16.9 Å². The summed E-state index contributed by atoms with van der Waals surface area (Å²) in [6.45, 7) is 0.506. The Morgan fingerprint density at radius 2 is 1.79 bits per heavy atom. The van der Waals surface area contributed by atoms with E-state index in [1.54, 1.807) is 41.5 Å². The first-order chi connectivity index (χ1) is 16.6. The minimum atomic E-state index is -0.341. The predicted octanol–water partition coefficient (Wildman–Crippen LogP) is 5.83. The van der Waals surface area contributed by atoms with Crippen molar-refractivity contribution in [1.82, 2.24) is 19.3 Å². The molecule has 6 nitrogen and oxygen atoms in total. The zero-order valence-corrected chi connectivity index (χ0v) is 18.7. The van der Waals surface area contributed by atoms with Crippen molar-refractivity contribution in [1.29, 1.82) is 0 Å². The van der Waals surface area contributed by atoms with Crippen LogP contribution in [0.4, 0.5) is 10.2 Å². The van der Waals surface area contributed by atoms with Gasteiger partial charge in [0, 0.05) is 16.8 Å². The number of hydrogen-bond acceptors (Lipinski definition) is 3. The number of benzene rings is 3. The van der Waals surface area contributed by atoms with E-state index >= 15 is 0 Å². The normalized spacial score (nSPS) is 10.9. The van der Waals surface area contributed by atoms with Gasteiger partial charge in [-0.3, -0.25) is 4.79 Å². The lowest BCUT2D eigenvalue weighted by Gasteiger charge is -2.11.